The number of rotatable bonds is 2. The maximum absolute atomic E-state index is 8.99. The van der Waals surface area contributed by atoms with E-state index in [1.54, 1.807) is 0 Å². The van der Waals surface area contributed by atoms with Crippen molar-refractivity contribution in [2.24, 2.45) is 0 Å². The predicted octanol–water partition coefficient (Wildman–Crippen LogP) is -0.934. The monoisotopic (exact) mass is 162 g/mol. The number of ether oxygens (including phenoxy) is 1. The largest absolute Gasteiger partial charge is 0.506 e. The van der Waals surface area contributed by atoms with E-state index in [1.807, 2.05) is 0 Å². The molecule has 0 aromatic rings. The van der Waals surface area contributed by atoms with Crippen molar-refractivity contribution in [3.63, 3.8) is 0 Å². The highest BCUT2D eigenvalue weighted by Gasteiger charge is 2.31. The molecule has 0 fully saturated rings. The Morgan fingerprint density at radius 3 is 2.55 bits per heavy atom. The van der Waals surface area contributed by atoms with Gasteiger partial charge in [0.15, 0.2) is 11.5 Å². The van der Waals surface area contributed by atoms with Gasteiger partial charge in [-0.2, -0.15) is 0 Å². The quantitative estimate of drug-likeness (QED) is 0.421. The van der Waals surface area contributed by atoms with Gasteiger partial charge in [-0.25, -0.2) is 0 Å². The SMILES string of the molecule is OCC(O)[C@H]1OCC(O)=C1O. The highest BCUT2D eigenvalue weighted by molar-refractivity contribution is 5.11. The smallest absolute Gasteiger partial charge is 0.164 e. The third-order valence-corrected chi connectivity index (χ3v) is 1.50. The Kier molecular flexibility index (Phi) is 2.33. The first-order chi connectivity index (χ1) is 5.16. The van der Waals surface area contributed by atoms with Gasteiger partial charge in [-0.1, -0.05) is 0 Å². The lowest BCUT2D eigenvalue weighted by Crippen LogP contribution is -2.30. The molecular formula is C6H10O5. The molecule has 0 aliphatic carbocycles. The molecule has 0 spiro atoms. The van der Waals surface area contributed by atoms with Gasteiger partial charge in [0.05, 0.1) is 6.61 Å². The minimum Gasteiger partial charge on any atom is -0.506 e. The van der Waals surface area contributed by atoms with Crippen LogP contribution in [0.15, 0.2) is 11.5 Å². The molecule has 0 aromatic heterocycles. The Morgan fingerprint density at radius 2 is 2.18 bits per heavy atom. The maximum Gasteiger partial charge on any atom is 0.164 e. The molecule has 5 heteroatoms. The molecular weight excluding hydrogens is 152 g/mol. The minimum atomic E-state index is -1.18. The summed E-state index contributed by atoms with van der Waals surface area (Å²) in [7, 11) is 0. The van der Waals surface area contributed by atoms with E-state index in [0.29, 0.717) is 0 Å². The lowest BCUT2D eigenvalue weighted by atomic mass is 10.2. The van der Waals surface area contributed by atoms with Crippen LogP contribution >= 0.6 is 0 Å². The fraction of sp³-hybridized carbons (Fsp3) is 0.667. The molecule has 0 amide bonds. The van der Waals surface area contributed by atoms with Crippen molar-refractivity contribution in [1.29, 1.82) is 0 Å². The van der Waals surface area contributed by atoms with Crippen LogP contribution in [0.3, 0.4) is 0 Å². The topological polar surface area (TPSA) is 90.2 Å². The average molecular weight is 162 g/mol. The summed E-state index contributed by atoms with van der Waals surface area (Å²) in [6.07, 6.45) is -2.17. The maximum atomic E-state index is 8.99. The van der Waals surface area contributed by atoms with Crippen molar-refractivity contribution in [3.05, 3.63) is 11.5 Å². The third-order valence-electron chi connectivity index (χ3n) is 1.50. The molecule has 0 bridgehead atoms. The van der Waals surface area contributed by atoms with Crippen molar-refractivity contribution in [2.45, 2.75) is 12.2 Å². The summed E-state index contributed by atoms with van der Waals surface area (Å²) in [6, 6.07) is 0. The van der Waals surface area contributed by atoms with Gasteiger partial charge in [0.2, 0.25) is 0 Å². The first-order valence-corrected chi connectivity index (χ1v) is 3.18. The van der Waals surface area contributed by atoms with Gasteiger partial charge in [-0.15, -0.1) is 0 Å². The third kappa shape index (κ3) is 1.45. The summed E-state index contributed by atoms with van der Waals surface area (Å²) in [4.78, 5) is 0. The molecule has 1 aliphatic rings. The highest BCUT2D eigenvalue weighted by atomic mass is 16.5. The Balaban J connectivity index is 2.63. The standard InChI is InChI=1S/C6H10O5/c7-1-3(8)6-5(10)4(9)2-11-6/h3,6-10H,1-2H2/t3?,6-/m1/s1. The van der Waals surface area contributed by atoms with Crippen molar-refractivity contribution in [2.75, 3.05) is 13.2 Å². The van der Waals surface area contributed by atoms with Crippen molar-refractivity contribution < 1.29 is 25.2 Å². The number of hydrogen-bond donors (Lipinski definition) is 4. The second kappa shape index (κ2) is 3.08. The van der Waals surface area contributed by atoms with Crippen molar-refractivity contribution >= 4 is 0 Å². The van der Waals surface area contributed by atoms with E-state index < -0.39 is 24.6 Å². The Morgan fingerprint density at radius 1 is 1.55 bits per heavy atom. The molecule has 2 atom stereocenters. The summed E-state index contributed by atoms with van der Waals surface area (Å²) in [5.74, 6) is -0.686. The first kappa shape index (κ1) is 8.32. The Bertz CT molecular complexity index is 176. The summed E-state index contributed by atoms with van der Waals surface area (Å²) in [5, 5.41) is 35.2. The van der Waals surface area contributed by atoms with E-state index in [-0.39, 0.29) is 12.4 Å². The van der Waals surface area contributed by atoms with Gasteiger partial charge in [-0.05, 0) is 0 Å². The van der Waals surface area contributed by atoms with Gasteiger partial charge in [0, 0.05) is 0 Å². The molecule has 1 heterocycles. The Hall–Kier alpha value is -0.780. The van der Waals surface area contributed by atoms with Crippen LogP contribution in [0, 0.1) is 0 Å². The number of aliphatic hydroxyl groups is 4. The summed E-state index contributed by atoms with van der Waals surface area (Å²) >= 11 is 0. The molecule has 1 unspecified atom stereocenters. The lowest BCUT2D eigenvalue weighted by molar-refractivity contribution is -0.0343. The van der Waals surface area contributed by atoms with E-state index >= 15 is 0 Å². The van der Waals surface area contributed by atoms with Crippen LogP contribution in [-0.4, -0.2) is 45.8 Å². The van der Waals surface area contributed by atoms with E-state index in [1.165, 1.54) is 0 Å². The van der Waals surface area contributed by atoms with Crippen LogP contribution in [-0.2, 0) is 4.74 Å². The van der Waals surface area contributed by atoms with E-state index in [2.05, 4.69) is 0 Å². The molecule has 0 radical (unpaired) electrons. The van der Waals surface area contributed by atoms with Crippen molar-refractivity contribution in [1.82, 2.24) is 0 Å². The predicted molar refractivity (Wildman–Crippen MR) is 35.1 cm³/mol. The molecule has 0 aromatic carbocycles. The van der Waals surface area contributed by atoms with Crippen LogP contribution in [0.1, 0.15) is 0 Å². The molecule has 5 nitrogen and oxygen atoms in total. The van der Waals surface area contributed by atoms with Gasteiger partial charge in [0.25, 0.3) is 0 Å². The minimum absolute atomic E-state index is 0.118. The zero-order chi connectivity index (χ0) is 8.43. The lowest BCUT2D eigenvalue weighted by Gasteiger charge is -2.14. The fourth-order valence-corrected chi connectivity index (χ4v) is 0.875. The second-order valence-electron chi connectivity index (χ2n) is 2.31. The molecule has 64 valence electrons. The Labute approximate surface area is 63.2 Å². The van der Waals surface area contributed by atoms with Gasteiger partial charge >= 0.3 is 0 Å². The van der Waals surface area contributed by atoms with Gasteiger partial charge < -0.3 is 25.2 Å². The molecule has 0 saturated heterocycles. The zero-order valence-corrected chi connectivity index (χ0v) is 5.77. The molecule has 1 rings (SSSR count). The van der Waals surface area contributed by atoms with Crippen LogP contribution in [0.25, 0.3) is 0 Å². The number of hydrogen-bond acceptors (Lipinski definition) is 5. The highest BCUT2D eigenvalue weighted by Crippen LogP contribution is 2.19. The van der Waals surface area contributed by atoms with E-state index in [4.69, 9.17) is 25.2 Å². The van der Waals surface area contributed by atoms with Gasteiger partial charge in [-0.3, -0.25) is 0 Å². The first-order valence-electron chi connectivity index (χ1n) is 3.18. The van der Waals surface area contributed by atoms with E-state index in [9.17, 15) is 0 Å². The van der Waals surface area contributed by atoms with Crippen LogP contribution in [0.4, 0.5) is 0 Å². The summed E-state index contributed by atoms with van der Waals surface area (Å²) in [6.45, 7) is -0.629. The average Bonchev–Trinajstić information content (AvgIpc) is 2.32. The van der Waals surface area contributed by atoms with Crippen LogP contribution in [0.5, 0.6) is 0 Å². The summed E-state index contributed by atoms with van der Waals surface area (Å²) < 4.78 is 4.75. The van der Waals surface area contributed by atoms with Gasteiger partial charge in [0.1, 0.15) is 18.8 Å². The van der Waals surface area contributed by atoms with E-state index in [0.717, 1.165) is 0 Å². The second-order valence-corrected chi connectivity index (χ2v) is 2.31. The summed E-state index contributed by atoms with van der Waals surface area (Å²) in [5.41, 5.74) is 0. The zero-order valence-electron chi connectivity index (χ0n) is 5.77. The van der Waals surface area contributed by atoms with Crippen LogP contribution < -0.4 is 0 Å². The van der Waals surface area contributed by atoms with Crippen LogP contribution in [0.2, 0.25) is 0 Å². The molecule has 11 heavy (non-hydrogen) atoms. The fourth-order valence-electron chi connectivity index (χ4n) is 0.875. The molecule has 4 N–H and O–H groups in total. The molecule has 1 aliphatic heterocycles. The van der Waals surface area contributed by atoms with Crippen molar-refractivity contribution in [3.8, 4) is 0 Å². The number of aliphatic hydroxyl groups excluding tert-OH is 4. The normalized spacial score (nSPS) is 27.6. The molecule has 0 saturated carbocycles.